The first kappa shape index (κ1) is 18.7. The van der Waals surface area contributed by atoms with Crippen molar-refractivity contribution in [3.05, 3.63) is 57.0 Å². The second-order valence-electron chi connectivity index (χ2n) is 5.02. The van der Waals surface area contributed by atoms with E-state index in [9.17, 15) is 13.6 Å². The molecule has 128 valence electrons. The van der Waals surface area contributed by atoms with E-state index in [4.69, 9.17) is 16.3 Å². The summed E-state index contributed by atoms with van der Waals surface area (Å²) in [5.74, 6) is -1.80. The number of unbranched alkanes of at least 4 members (excludes halogenated alkanes) is 1. The minimum absolute atomic E-state index is 0.0360. The maximum atomic E-state index is 13.8. The standard InChI is InChI=1S/C17H15BrClF2NO2/c1-2-3-7-24-15-9-11(18)14(21)8-10(15)17(23)22-16-12(19)5-4-6-13(16)20/h4-6,8-9H,2-3,7H2,1H3,(H,22,23). The number of para-hydroxylation sites is 1. The molecule has 0 saturated heterocycles. The SMILES string of the molecule is CCCCOc1cc(Br)c(F)cc1C(=O)Nc1c(F)cccc1Cl. The monoisotopic (exact) mass is 417 g/mol. The van der Waals surface area contributed by atoms with E-state index in [0.29, 0.717) is 6.61 Å². The molecule has 0 aliphatic rings. The summed E-state index contributed by atoms with van der Waals surface area (Å²) in [6.45, 7) is 2.38. The molecular formula is C17H15BrClF2NO2. The molecule has 0 aromatic heterocycles. The summed E-state index contributed by atoms with van der Waals surface area (Å²) in [5.41, 5.74) is -0.196. The number of amides is 1. The molecule has 0 aliphatic heterocycles. The van der Waals surface area contributed by atoms with Crippen molar-refractivity contribution >= 4 is 39.1 Å². The van der Waals surface area contributed by atoms with Gasteiger partial charge in [-0.2, -0.15) is 0 Å². The number of hydrogen-bond acceptors (Lipinski definition) is 2. The third-order valence-corrected chi connectivity index (χ3v) is 4.15. The van der Waals surface area contributed by atoms with Gasteiger partial charge in [-0.3, -0.25) is 4.79 Å². The number of carbonyl (C=O) groups excluding carboxylic acids is 1. The van der Waals surface area contributed by atoms with Gasteiger partial charge in [0.15, 0.2) is 0 Å². The van der Waals surface area contributed by atoms with E-state index >= 15 is 0 Å². The van der Waals surface area contributed by atoms with Gasteiger partial charge in [0.05, 0.1) is 27.4 Å². The average Bonchev–Trinajstić information content (AvgIpc) is 2.54. The molecule has 0 aliphatic carbocycles. The minimum atomic E-state index is -0.708. The first-order valence-electron chi connectivity index (χ1n) is 7.31. The topological polar surface area (TPSA) is 38.3 Å². The van der Waals surface area contributed by atoms with Crippen LogP contribution in [0.2, 0.25) is 5.02 Å². The normalized spacial score (nSPS) is 10.5. The van der Waals surface area contributed by atoms with Crippen molar-refractivity contribution in [2.24, 2.45) is 0 Å². The Bertz CT molecular complexity index is 735. The van der Waals surface area contributed by atoms with E-state index in [1.165, 1.54) is 24.3 Å². The van der Waals surface area contributed by atoms with Gasteiger partial charge in [-0.05, 0) is 46.6 Å². The van der Waals surface area contributed by atoms with Crippen LogP contribution in [-0.4, -0.2) is 12.5 Å². The van der Waals surface area contributed by atoms with Crippen molar-refractivity contribution in [1.29, 1.82) is 0 Å². The Morgan fingerprint density at radius 2 is 2.04 bits per heavy atom. The van der Waals surface area contributed by atoms with Crippen molar-refractivity contribution in [3.8, 4) is 5.75 Å². The second-order valence-corrected chi connectivity index (χ2v) is 6.28. The van der Waals surface area contributed by atoms with Crippen molar-refractivity contribution < 1.29 is 18.3 Å². The summed E-state index contributed by atoms with van der Waals surface area (Å²) in [6.07, 6.45) is 1.70. The fourth-order valence-electron chi connectivity index (χ4n) is 1.95. The molecule has 0 spiro atoms. The molecule has 1 amide bonds. The number of halogens is 4. The van der Waals surface area contributed by atoms with Crippen LogP contribution in [0, 0.1) is 11.6 Å². The lowest BCUT2D eigenvalue weighted by Gasteiger charge is -2.13. The third kappa shape index (κ3) is 4.45. The van der Waals surface area contributed by atoms with E-state index in [2.05, 4.69) is 21.2 Å². The quantitative estimate of drug-likeness (QED) is 0.601. The van der Waals surface area contributed by atoms with Gasteiger partial charge in [-0.1, -0.05) is 31.0 Å². The highest BCUT2D eigenvalue weighted by molar-refractivity contribution is 9.10. The highest BCUT2D eigenvalue weighted by Gasteiger charge is 2.19. The van der Waals surface area contributed by atoms with Crippen molar-refractivity contribution in [3.63, 3.8) is 0 Å². The molecular weight excluding hydrogens is 404 g/mol. The molecule has 2 aromatic rings. The fraction of sp³-hybridized carbons (Fsp3) is 0.235. The molecule has 7 heteroatoms. The van der Waals surface area contributed by atoms with Gasteiger partial charge in [0.1, 0.15) is 17.4 Å². The highest BCUT2D eigenvalue weighted by Crippen LogP contribution is 2.30. The molecule has 2 rings (SSSR count). The number of hydrogen-bond donors (Lipinski definition) is 1. The Kier molecular flexibility index (Phi) is 6.57. The van der Waals surface area contributed by atoms with Gasteiger partial charge in [0.2, 0.25) is 0 Å². The number of carbonyl (C=O) groups is 1. The Hall–Kier alpha value is -1.66. The van der Waals surface area contributed by atoms with E-state index in [1.807, 2.05) is 6.92 Å². The van der Waals surface area contributed by atoms with Crippen LogP contribution >= 0.6 is 27.5 Å². The first-order valence-corrected chi connectivity index (χ1v) is 8.48. The maximum absolute atomic E-state index is 13.8. The van der Waals surface area contributed by atoms with E-state index in [1.54, 1.807) is 0 Å². The lowest BCUT2D eigenvalue weighted by molar-refractivity contribution is 0.102. The number of ether oxygens (including phenoxy) is 1. The molecule has 0 radical (unpaired) electrons. The van der Waals surface area contributed by atoms with Gasteiger partial charge in [-0.15, -0.1) is 0 Å². The third-order valence-electron chi connectivity index (χ3n) is 3.22. The van der Waals surface area contributed by atoms with Crippen LogP contribution in [-0.2, 0) is 0 Å². The number of nitrogens with one attached hydrogen (secondary N) is 1. The number of benzene rings is 2. The summed E-state index contributed by atoms with van der Waals surface area (Å²) in [4.78, 5) is 12.4. The van der Waals surface area contributed by atoms with Gasteiger partial charge in [-0.25, -0.2) is 8.78 Å². The fourth-order valence-corrected chi connectivity index (χ4v) is 2.48. The summed E-state index contributed by atoms with van der Waals surface area (Å²) in [6, 6.07) is 6.45. The van der Waals surface area contributed by atoms with Gasteiger partial charge < -0.3 is 10.1 Å². The molecule has 0 saturated carbocycles. The summed E-state index contributed by atoms with van der Waals surface area (Å²) in [5, 5.41) is 2.41. The van der Waals surface area contributed by atoms with Crippen molar-refractivity contribution in [2.45, 2.75) is 19.8 Å². The van der Waals surface area contributed by atoms with Gasteiger partial charge >= 0.3 is 0 Å². The van der Waals surface area contributed by atoms with E-state index in [-0.39, 0.29) is 26.5 Å². The Morgan fingerprint density at radius 3 is 2.71 bits per heavy atom. The molecule has 0 bridgehead atoms. The van der Waals surface area contributed by atoms with Crippen LogP contribution in [0.15, 0.2) is 34.8 Å². The molecule has 2 aromatic carbocycles. The van der Waals surface area contributed by atoms with Gasteiger partial charge in [0.25, 0.3) is 5.91 Å². The molecule has 1 N–H and O–H groups in total. The Balaban J connectivity index is 2.32. The Morgan fingerprint density at radius 1 is 1.29 bits per heavy atom. The van der Waals surface area contributed by atoms with E-state index < -0.39 is 17.5 Å². The zero-order chi connectivity index (χ0) is 17.7. The lowest BCUT2D eigenvalue weighted by Crippen LogP contribution is -2.16. The molecule has 0 atom stereocenters. The lowest BCUT2D eigenvalue weighted by atomic mass is 10.1. The summed E-state index contributed by atoms with van der Waals surface area (Å²) in [7, 11) is 0. The van der Waals surface area contributed by atoms with Crippen LogP contribution in [0.4, 0.5) is 14.5 Å². The molecule has 3 nitrogen and oxygen atoms in total. The highest BCUT2D eigenvalue weighted by atomic mass is 79.9. The Labute approximate surface area is 152 Å². The average molecular weight is 419 g/mol. The summed E-state index contributed by atoms with van der Waals surface area (Å²) < 4.78 is 33.4. The zero-order valence-electron chi connectivity index (χ0n) is 12.8. The predicted octanol–water partition coefficient (Wildman–Crippen LogP) is 5.81. The molecule has 0 fully saturated rings. The van der Waals surface area contributed by atoms with Gasteiger partial charge in [0, 0.05) is 0 Å². The maximum Gasteiger partial charge on any atom is 0.259 e. The zero-order valence-corrected chi connectivity index (χ0v) is 15.2. The number of anilines is 1. The second kappa shape index (κ2) is 8.44. The van der Waals surface area contributed by atoms with Crippen molar-refractivity contribution in [1.82, 2.24) is 0 Å². The largest absolute Gasteiger partial charge is 0.493 e. The van der Waals surface area contributed by atoms with Crippen LogP contribution in [0.1, 0.15) is 30.1 Å². The first-order chi connectivity index (χ1) is 11.4. The summed E-state index contributed by atoms with van der Waals surface area (Å²) >= 11 is 8.95. The van der Waals surface area contributed by atoms with Crippen LogP contribution in [0.5, 0.6) is 5.75 Å². The van der Waals surface area contributed by atoms with Crippen LogP contribution < -0.4 is 10.1 Å². The predicted molar refractivity (Wildman–Crippen MR) is 93.9 cm³/mol. The molecule has 0 heterocycles. The van der Waals surface area contributed by atoms with Crippen molar-refractivity contribution in [2.75, 3.05) is 11.9 Å². The van der Waals surface area contributed by atoms with Crippen LogP contribution in [0.25, 0.3) is 0 Å². The molecule has 24 heavy (non-hydrogen) atoms. The minimum Gasteiger partial charge on any atom is -0.493 e. The smallest absolute Gasteiger partial charge is 0.259 e. The van der Waals surface area contributed by atoms with E-state index in [0.717, 1.165) is 18.9 Å². The van der Waals surface area contributed by atoms with Crippen LogP contribution in [0.3, 0.4) is 0 Å². The molecule has 0 unspecified atom stereocenters. The number of rotatable bonds is 6.